The van der Waals surface area contributed by atoms with Crippen LogP contribution < -0.4 is 14.8 Å². The molecule has 122 valence electrons. The molecule has 0 saturated carbocycles. The maximum absolute atomic E-state index is 12.4. The van der Waals surface area contributed by atoms with Crippen molar-refractivity contribution in [2.24, 2.45) is 0 Å². The number of sulfonamides is 1. The molecule has 2 N–H and O–H groups in total. The monoisotopic (exact) mass is 352 g/mol. The van der Waals surface area contributed by atoms with Crippen LogP contribution in [0.2, 0.25) is 5.02 Å². The maximum atomic E-state index is 12.4. The summed E-state index contributed by atoms with van der Waals surface area (Å²) < 4.78 is 32.3. The summed E-state index contributed by atoms with van der Waals surface area (Å²) in [5.41, 5.74) is 1.33. The zero-order chi connectivity index (χ0) is 16.9. The average Bonchev–Trinajstić information content (AvgIpc) is 2.54. The molecule has 0 radical (unpaired) electrons. The van der Waals surface area contributed by atoms with Crippen LogP contribution in [0.1, 0.15) is 0 Å². The molecular weight excluding hydrogens is 336 g/mol. The van der Waals surface area contributed by atoms with Crippen LogP contribution in [0.15, 0.2) is 60.0 Å². The largest absolute Gasteiger partial charge is 0.495 e. The van der Waals surface area contributed by atoms with Crippen molar-refractivity contribution in [1.82, 2.24) is 0 Å². The summed E-state index contributed by atoms with van der Waals surface area (Å²) in [4.78, 5) is 0.0668. The Labute approximate surface area is 141 Å². The van der Waals surface area contributed by atoms with E-state index in [4.69, 9.17) is 16.3 Å². The van der Waals surface area contributed by atoms with Crippen molar-refractivity contribution in [2.45, 2.75) is 4.90 Å². The summed E-state index contributed by atoms with van der Waals surface area (Å²) in [5.74, 6) is 0.420. The van der Waals surface area contributed by atoms with Gasteiger partial charge in [-0.1, -0.05) is 17.7 Å². The van der Waals surface area contributed by atoms with Gasteiger partial charge < -0.3 is 10.1 Å². The lowest BCUT2D eigenvalue weighted by Gasteiger charge is -2.11. The van der Waals surface area contributed by atoms with Gasteiger partial charge in [-0.2, -0.15) is 0 Å². The number of methoxy groups -OCH3 is 1. The molecule has 2 aromatic rings. The third-order valence-electron chi connectivity index (χ3n) is 3.02. The fraction of sp³-hybridized carbons (Fsp3) is 0.125. The van der Waals surface area contributed by atoms with Gasteiger partial charge in [0.15, 0.2) is 0 Å². The van der Waals surface area contributed by atoms with Gasteiger partial charge in [0, 0.05) is 17.9 Å². The zero-order valence-electron chi connectivity index (χ0n) is 12.5. The molecule has 2 aromatic carbocycles. The second kappa shape index (κ2) is 7.39. The van der Waals surface area contributed by atoms with Gasteiger partial charge in [-0.25, -0.2) is 8.42 Å². The lowest BCUT2D eigenvalue weighted by atomic mass is 10.3. The molecule has 0 saturated heterocycles. The highest BCUT2D eigenvalue weighted by Crippen LogP contribution is 2.28. The Bertz CT molecular complexity index is 789. The minimum Gasteiger partial charge on any atom is -0.495 e. The van der Waals surface area contributed by atoms with Crippen molar-refractivity contribution >= 4 is 33.0 Å². The first kappa shape index (κ1) is 17.2. The Balaban J connectivity index is 2.17. The van der Waals surface area contributed by atoms with Crippen LogP contribution in [-0.2, 0) is 10.0 Å². The van der Waals surface area contributed by atoms with Crippen LogP contribution in [-0.4, -0.2) is 22.1 Å². The number of anilines is 2. The van der Waals surface area contributed by atoms with Gasteiger partial charge in [-0.3, -0.25) is 4.72 Å². The van der Waals surface area contributed by atoms with E-state index in [9.17, 15) is 8.42 Å². The topological polar surface area (TPSA) is 67.4 Å². The van der Waals surface area contributed by atoms with Crippen LogP contribution in [0.3, 0.4) is 0 Å². The summed E-state index contributed by atoms with van der Waals surface area (Å²) in [6.45, 7) is 4.26. The molecule has 0 bridgehead atoms. The second-order valence-corrected chi connectivity index (χ2v) is 6.74. The molecular formula is C16H17ClN2O3S. The van der Waals surface area contributed by atoms with Crippen molar-refractivity contribution < 1.29 is 13.2 Å². The van der Waals surface area contributed by atoms with Crippen LogP contribution in [0.4, 0.5) is 11.4 Å². The van der Waals surface area contributed by atoms with E-state index in [2.05, 4.69) is 16.6 Å². The molecule has 0 amide bonds. The maximum Gasteiger partial charge on any atom is 0.261 e. The van der Waals surface area contributed by atoms with Crippen LogP contribution in [0.5, 0.6) is 5.75 Å². The average molecular weight is 353 g/mol. The minimum atomic E-state index is -3.72. The van der Waals surface area contributed by atoms with Gasteiger partial charge in [-0.15, -0.1) is 6.58 Å². The molecule has 0 aliphatic carbocycles. The van der Waals surface area contributed by atoms with E-state index in [1.165, 1.54) is 25.3 Å². The Morgan fingerprint density at radius 2 is 1.83 bits per heavy atom. The quantitative estimate of drug-likeness (QED) is 0.745. The SMILES string of the molecule is C=CCNc1ccc(NS(=O)(=O)c2ccc(OC)c(Cl)c2)cc1. The Hall–Kier alpha value is -2.18. The first-order chi connectivity index (χ1) is 11.0. The molecule has 0 aliphatic heterocycles. The fourth-order valence-electron chi connectivity index (χ4n) is 1.87. The number of ether oxygens (including phenoxy) is 1. The van der Waals surface area contributed by atoms with Crippen molar-refractivity contribution in [2.75, 3.05) is 23.7 Å². The van der Waals surface area contributed by atoms with Crippen LogP contribution in [0.25, 0.3) is 0 Å². The van der Waals surface area contributed by atoms with E-state index in [1.54, 1.807) is 30.3 Å². The number of nitrogens with one attached hydrogen (secondary N) is 2. The number of halogens is 1. The Morgan fingerprint density at radius 1 is 1.17 bits per heavy atom. The Morgan fingerprint density at radius 3 is 2.39 bits per heavy atom. The highest BCUT2D eigenvalue weighted by molar-refractivity contribution is 7.92. The predicted molar refractivity (Wildman–Crippen MR) is 93.9 cm³/mol. The van der Waals surface area contributed by atoms with E-state index in [0.717, 1.165) is 5.69 Å². The van der Waals surface area contributed by atoms with Gasteiger partial charge in [0.1, 0.15) is 5.75 Å². The number of hydrogen-bond acceptors (Lipinski definition) is 4. The standard InChI is InChI=1S/C16H17ClN2O3S/c1-3-10-18-12-4-6-13(7-5-12)19-23(20,21)14-8-9-16(22-2)15(17)11-14/h3-9,11,18-19H,1,10H2,2H3. The molecule has 7 heteroatoms. The summed E-state index contributed by atoms with van der Waals surface area (Å²) in [7, 11) is -2.25. The molecule has 0 aliphatic rings. The summed E-state index contributed by atoms with van der Waals surface area (Å²) in [5, 5.41) is 3.35. The third kappa shape index (κ3) is 4.40. The molecule has 0 aromatic heterocycles. The molecule has 0 spiro atoms. The molecule has 0 atom stereocenters. The normalized spacial score (nSPS) is 10.9. The van der Waals surface area contributed by atoms with E-state index in [0.29, 0.717) is 18.0 Å². The van der Waals surface area contributed by atoms with E-state index < -0.39 is 10.0 Å². The number of benzene rings is 2. The lowest BCUT2D eigenvalue weighted by molar-refractivity contribution is 0.414. The smallest absolute Gasteiger partial charge is 0.261 e. The van der Waals surface area contributed by atoms with Crippen LogP contribution >= 0.6 is 11.6 Å². The van der Waals surface area contributed by atoms with Crippen molar-refractivity contribution in [1.29, 1.82) is 0 Å². The molecule has 23 heavy (non-hydrogen) atoms. The highest BCUT2D eigenvalue weighted by atomic mass is 35.5. The minimum absolute atomic E-state index is 0.0668. The van der Waals surface area contributed by atoms with Gasteiger partial charge in [0.2, 0.25) is 0 Å². The van der Waals surface area contributed by atoms with Crippen LogP contribution in [0, 0.1) is 0 Å². The van der Waals surface area contributed by atoms with Gasteiger partial charge in [-0.05, 0) is 42.5 Å². The fourth-order valence-corrected chi connectivity index (χ4v) is 3.28. The van der Waals surface area contributed by atoms with Gasteiger partial charge in [0.05, 0.1) is 17.0 Å². The third-order valence-corrected chi connectivity index (χ3v) is 4.70. The molecule has 0 heterocycles. The van der Waals surface area contributed by atoms with Crippen molar-refractivity contribution in [3.05, 3.63) is 60.1 Å². The molecule has 0 unspecified atom stereocenters. The predicted octanol–water partition coefficient (Wildman–Crippen LogP) is 3.75. The van der Waals surface area contributed by atoms with E-state index in [-0.39, 0.29) is 9.92 Å². The lowest BCUT2D eigenvalue weighted by Crippen LogP contribution is -2.13. The zero-order valence-corrected chi connectivity index (χ0v) is 14.1. The van der Waals surface area contributed by atoms with Crippen molar-refractivity contribution in [3.8, 4) is 5.75 Å². The highest BCUT2D eigenvalue weighted by Gasteiger charge is 2.16. The number of hydrogen-bond donors (Lipinski definition) is 2. The second-order valence-electron chi connectivity index (χ2n) is 4.65. The van der Waals surface area contributed by atoms with Crippen molar-refractivity contribution in [3.63, 3.8) is 0 Å². The molecule has 2 rings (SSSR count). The van der Waals surface area contributed by atoms with E-state index >= 15 is 0 Å². The number of rotatable bonds is 7. The van der Waals surface area contributed by atoms with Gasteiger partial charge >= 0.3 is 0 Å². The molecule has 0 fully saturated rings. The first-order valence-electron chi connectivity index (χ1n) is 6.77. The summed E-state index contributed by atoms with van der Waals surface area (Å²) in [6.07, 6.45) is 1.74. The summed E-state index contributed by atoms with van der Waals surface area (Å²) >= 11 is 5.97. The van der Waals surface area contributed by atoms with E-state index in [1.807, 2.05) is 0 Å². The first-order valence-corrected chi connectivity index (χ1v) is 8.63. The van der Waals surface area contributed by atoms with Gasteiger partial charge in [0.25, 0.3) is 10.0 Å². The summed E-state index contributed by atoms with van der Waals surface area (Å²) in [6, 6.07) is 11.2. The molecule has 5 nitrogen and oxygen atoms in total. The Kier molecular flexibility index (Phi) is 5.52.